The fourth-order valence-electron chi connectivity index (χ4n) is 3.32. The van der Waals surface area contributed by atoms with Gasteiger partial charge in [-0.25, -0.2) is 13.2 Å². The molecule has 27 heavy (non-hydrogen) atoms. The van der Waals surface area contributed by atoms with Crippen molar-refractivity contribution in [2.75, 3.05) is 20.2 Å². The van der Waals surface area contributed by atoms with Crippen LogP contribution in [0.2, 0.25) is 0 Å². The van der Waals surface area contributed by atoms with E-state index in [2.05, 4.69) is 0 Å². The van der Waals surface area contributed by atoms with Gasteiger partial charge in [-0.15, -0.1) is 12.4 Å². The zero-order valence-electron chi connectivity index (χ0n) is 15.2. The third-order valence-corrected chi connectivity index (χ3v) is 6.61. The van der Waals surface area contributed by atoms with Crippen molar-refractivity contribution in [1.29, 1.82) is 0 Å². The molecule has 0 amide bonds. The number of ether oxygens (including phenoxy) is 1. The van der Waals surface area contributed by atoms with Gasteiger partial charge in [0.15, 0.2) is 0 Å². The van der Waals surface area contributed by atoms with Crippen LogP contribution in [-0.4, -0.2) is 44.9 Å². The lowest BCUT2D eigenvalue weighted by Gasteiger charge is -2.18. The molecule has 0 aromatic heterocycles. The van der Waals surface area contributed by atoms with E-state index < -0.39 is 16.0 Å². The number of aryl methyl sites for hydroxylation is 1. The lowest BCUT2D eigenvalue weighted by Crippen LogP contribution is -2.33. The highest BCUT2D eigenvalue weighted by Gasteiger charge is 2.39. The number of nitrogens with two attached hydrogens (primary N) is 1. The van der Waals surface area contributed by atoms with Gasteiger partial charge in [-0.3, -0.25) is 0 Å². The van der Waals surface area contributed by atoms with Gasteiger partial charge in [-0.05, 0) is 24.6 Å². The minimum atomic E-state index is -3.86. The molecule has 1 aliphatic rings. The van der Waals surface area contributed by atoms with Gasteiger partial charge in [0.05, 0.1) is 17.6 Å². The fourth-order valence-corrected chi connectivity index (χ4v) is 4.98. The van der Waals surface area contributed by atoms with Gasteiger partial charge < -0.3 is 10.5 Å². The van der Waals surface area contributed by atoms with Crippen LogP contribution in [0, 0.1) is 6.92 Å². The Morgan fingerprint density at radius 2 is 1.81 bits per heavy atom. The maximum absolute atomic E-state index is 13.2. The Labute approximate surface area is 165 Å². The molecule has 0 aliphatic carbocycles. The third-order valence-electron chi connectivity index (χ3n) is 4.72. The third kappa shape index (κ3) is 4.16. The quantitative estimate of drug-likeness (QED) is 0.781. The van der Waals surface area contributed by atoms with Gasteiger partial charge in [0.2, 0.25) is 10.0 Å². The lowest BCUT2D eigenvalue weighted by molar-refractivity contribution is 0.0596. The highest BCUT2D eigenvalue weighted by atomic mass is 35.5. The van der Waals surface area contributed by atoms with E-state index >= 15 is 0 Å². The summed E-state index contributed by atoms with van der Waals surface area (Å²) in [5, 5.41) is 0. The summed E-state index contributed by atoms with van der Waals surface area (Å²) in [4.78, 5) is 12.0. The van der Waals surface area contributed by atoms with Crippen LogP contribution in [0.25, 0.3) is 0 Å². The average molecular weight is 411 g/mol. The fraction of sp³-hybridized carbons (Fsp3) is 0.316. The normalized spacial score (nSPS) is 20.1. The van der Waals surface area contributed by atoms with E-state index in [1.54, 1.807) is 13.0 Å². The predicted octanol–water partition coefficient (Wildman–Crippen LogP) is 2.32. The van der Waals surface area contributed by atoms with Crippen LogP contribution in [0.4, 0.5) is 0 Å². The number of esters is 1. The lowest BCUT2D eigenvalue weighted by atomic mass is 9.95. The Morgan fingerprint density at radius 3 is 2.44 bits per heavy atom. The highest BCUT2D eigenvalue weighted by molar-refractivity contribution is 7.89. The maximum Gasteiger partial charge on any atom is 0.339 e. The molecule has 0 spiro atoms. The second-order valence-corrected chi connectivity index (χ2v) is 8.40. The van der Waals surface area contributed by atoms with Gasteiger partial charge in [-0.2, -0.15) is 4.31 Å². The number of carbonyl (C=O) groups is 1. The summed E-state index contributed by atoms with van der Waals surface area (Å²) in [6.45, 7) is 2.28. The van der Waals surface area contributed by atoms with Crippen LogP contribution in [-0.2, 0) is 14.8 Å². The number of nitrogens with zero attached hydrogens (tertiary/aromatic N) is 1. The number of benzene rings is 2. The first-order valence-corrected chi connectivity index (χ1v) is 9.78. The summed E-state index contributed by atoms with van der Waals surface area (Å²) in [7, 11) is -2.63. The van der Waals surface area contributed by atoms with Crippen molar-refractivity contribution in [1.82, 2.24) is 4.31 Å². The Balaban J connectivity index is 0.00000261. The first-order chi connectivity index (χ1) is 12.3. The second kappa shape index (κ2) is 8.39. The largest absolute Gasteiger partial charge is 0.465 e. The van der Waals surface area contributed by atoms with E-state index in [9.17, 15) is 13.2 Å². The Kier molecular flexibility index (Phi) is 6.64. The minimum Gasteiger partial charge on any atom is -0.465 e. The Morgan fingerprint density at radius 1 is 1.15 bits per heavy atom. The molecule has 2 aromatic carbocycles. The van der Waals surface area contributed by atoms with Crippen molar-refractivity contribution < 1.29 is 17.9 Å². The molecule has 8 heteroatoms. The molecule has 0 saturated carbocycles. The summed E-state index contributed by atoms with van der Waals surface area (Å²) < 4.78 is 32.5. The van der Waals surface area contributed by atoms with E-state index in [0.717, 1.165) is 11.1 Å². The highest BCUT2D eigenvalue weighted by Crippen LogP contribution is 2.31. The molecular formula is C19H23ClN2O4S. The van der Waals surface area contributed by atoms with E-state index in [4.69, 9.17) is 10.5 Å². The topological polar surface area (TPSA) is 89.7 Å². The van der Waals surface area contributed by atoms with Crippen molar-refractivity contribution in [3.63, 3.8) is 0 Å². The maximum atomic E-state index is 13.2. The number of methoxy groups -OCH3 is 1. The first kappa shape index (κ1) is 21.4. The molecule has 1 heterocycles. The molecule has 1 aliphatic heterocycles. The molecule has 1 fully saturated rings. The molecule has 1 saturated heterocycles. The number of rotatable bonds is 4. The first-order valence-electron chi connectivity index (χ1n) is 8.34. The minimum absolute atomic E-state index is 0. The molecule has 2 atom stereocenters. The molecule has 0 radical (unpaired) electrons. The molecule has 2 N–H and O–H groups in total. The zero-order chi connectivity index (χ0) is 18.9. The van der Waals surface area contributed by atoms with Crippen LogP contribution in [0.1, 0.15) is 27.4 Å². The Hall–Kier alpha value is -1.93. The van der Waals surface area contributed by atoms with Gasteiger partial charge in [0.25, 0.3) is 0 Å². The van der Waals surface area contributed by atoms with Crippen LogP contribution in [0.3, 0.4) is 0 Å². The molecule has 0 unspecified atom stereocenters. The van der Waals surface area contributed by atoms with Crippen LogP contribution >= 0.6 is 12.4 Å². The van der Waals surface area contributed by atoms with Crippen molar-refractivity contribution in [3.8, 4) is 0 Å². The van der Waals surface area contributed by atoms with Crippen molar-refractivity contribution in [2.24, 2.45) is 5.73 Å². The van der Waals surface area contributed by atoms with Crippen molar-refractivity contribution in [3.05, 3.63) is 65.2 Å². The summed E-state index contributed by atoms with van der Waals surface area (Å²) in [6, 6.07) is 14.0. The summed E-state index contributed by atoms with van der Waals surface area (Å²) in [5.74, 6) is -0.756. The number of sulfonamides is 1. The average Bonchev–Trinajstić information content (AvgIpc) is 3.04. The summed E-state index contributed by atoms with van der Waals surface area (Å²) in [6.07, 6.45) is 0. The Bertz CT molecular complexity index is 919. The van der Waals surface area contributed by atoms with E-state index in [0.29, 0.717) is 0 Å². The molecule has 6 nitrogen and oxygen atoms in total. The monoisotopic (exact) mass is 410 g/mol. The molecular weight excluding hydrogens is 388 g/mol. The standard InChI is InChI=1S/C19H22N2O4S.ClH/c1-13-8-9-18(15(10-13)19(22)25-2)26(23,24)21-11-16(17(20)12-21)14-6-4-3-5-7-14;/h3-10,16-17H,11-12,20H2,1-2H3;1H/t16-,17+;/m0./s1. The van der Waals surface area contributed by atoms with Crippen LogP contribution in [0.5, 0.6) is 0 Å². The van der Waals surface area contributed by atoms with Gasteiger partial charge >= 0.3 is 5.97 Å². The number of hydrogen-bond donors (Lipinski definition) is 1. The molecule has 2 aromatic rings. The molecule has 146 valence electrons. The number of carbonyl (C=O) groups excluding carboxylic acids is 1. The van der Waals surface area contributed by atoms with E-state index in [-0.39, 0.29) is 47.9 Å². The SMILES string of the molecule is COC(=O)c1cc(C)ccc1S(=O)(=O)N1C[C@@H](N)[C@H](c2ccccc2)C1.Cl. The van der Waals surface area contributed by atoms with Gasteiger partial charge in [0.1, 0.15) is 0 Å². The van der Waals surface area contributed by atoms with Crippen molar-refractivity contribution in [2.45, 2.75) is 23.8 Å². The van der Waals surface area contributed by atoms with Crippen molar-refractivity contribution >= 4 is 28.4 Å². The smallest absolute Gasteiger partial charge is 0.339 e. The molecule has 3 rings (SSSR count). The zero-order valence-corrected chi connectivity index (χ0v) is 16.8. The van der Waals surface area contributed by atoms with Gasteiger partial charge in [-0.1, -0.05) is 42.0 Å². The summed E-state index contributed by atoms with van der Waals surface area (Å²) in [5.41, 5.74) is 8.06. The van der Waals surface area contributed by atoms with E-state index in [1.807, 2.05) is 30.3 Å². The van der Waals surface area contributed by atoms with Crippen LogP contribution in [0.15, 0.2) is 53.4 Å². The predicted molar refractivity (Wildman–Crippen MR) is 106 cm³/mol. The summed E-state index contributed by atoms with van der Waals surface area (Å²) >= 11 is 0. The second-order valence-electron chi connectivity index (χ2n) is 6.49. The van der Waals surface area contributed by atoms with E-state index in [1.165, 1.54) is 23.5 Å². The number of halogens is 1. The number of hydrogen-bond acceptors (Lipinski definition) is 5. The van der Waals surface area contributed by atoms with Crippen LogP contribution < -0.4 is 5.73 Å². The van der Waals surface area contributed by atoms with Gasteiger partial charge in [0, 0.05) is 25.0 Å². The molecule has 0 bridgehead atoms.